The lowest BCUT2D eigenvalue weighted by molar-refractivity contribution is -0.136. The molecule has 3 heterocycles. The number of carbonyl (C=O) groups excluding carboxylic acids is 4. The van der Waals surface area contributed by atoms with Gasteiger partial charge >= 0.3 is 0 Å². The number of imide groups is 2. The fraction of sp³-hybridized carbons (Fsp3) is 0.565. The molecular weight excluding hydrogens is 396 g/mol. The Bertz CT molecular complexity index is 961. The number of benzene rings is 1. The van der Waals surface area contributed by atoms with Crippen LogP contribution >= 0.6 is 0 Å². The summed E-state index contributed by atoms with van der Waals surface area (Å²) in [5.41, 5.74) is 1.77. The van der Waals surface area contributed by atoms with Crippen molar-refractivity contribution in [2.24, 2.45) is 5.41 Å². The Hall–Kier alpha value is -2.58. The van der Waals surface area contributed by atoms with E-state index in [4.69, 9.17) is 0 Å². The maximum Gasteiger partial charge on any atom is 0.262 e. The van der Waals surface area contributed by atoms with Gasteiger partial charge in [-0.3, -0.25) is 29.4 Å². The van der Waals surface area contributed by atoms with Crippen LogP contribution in [0.5, 0.6) is 0 Å². The zero-order valence-corrected chi connectivity index (χ0v) is 17.5. The van der Waals surface area contributed by atoms with Crippen molar-refractivity contribution in [1.29, 1.82) is 0 Å². The second-order valence-corrected chi connectivity index (χ2v) is 9.26. The van der Waals surface area contributed by atoms with Crippen LogP contribution < -0.4 is 16.0 Å². The molecule has 2 saturated heterocycles. The molecule has 0 aromatic heterocycles. The SMILES string of the molecule is O=C1CCC(N2C(=O)c3cccc(CNCC45CCCNC4CCC5)c3C2=O)C(=O)N1. The molecule has 164 valence electrons. The van der Waals surface area contributed by atoms with Gasteiger partial charge in [0.2, 0.25) is 11.8 Å². The van der Waals surface area contributed by atoms with Crippen LogP contribution in [0.3, 0.4) is 0 Å². The average Bonchev–Trinajstić information content (AvgIpc) is 3.29. The number of hydrogen-bond acceptors (Lipinski definition) is 6. The molecule has 3 aliphatic heterocycles. The Balaban J connectivity index is 1.32. The molecule has 31 heavy (non-hydrogen) atoms. The van der Waals surface area contributed by atoms with Gasteiger partial charge in [-0.05, 0) is 55.7 Å². The first-order chi connectivity index (χ1) is 15.0. The summed E-state index contributed by atoms with van der Waals surface area (Å²) in [5, 5.41) is 9.47. The fourth-order valence-corrected chi connectivity index (χ4v) is 5.95. The molecular formula is C23H28N4O4. The highest BCUT2D eigenvalue weighted by molar-refractivity contribution is 6.24. The molecule has 1 aromatic rings. The molecule has 3 fully saturated rings. The second kappa shape index (κ2) is 7.84. The third-order valence-corrected chi connectivity index (χ3v) is 7.50. The third-order valence-electron chi connectivity index (χ3n) is 7.50. The first kappa shape index (κ1) is 20.3. The molecule has 0 spiro atoms. The molecule has 0 radical (unpaired) electrons. The van der Waals surface area contributed by atoms with Crippen molar-refractivity contribution in [3.05, 3.63) is 34.9 Å². The van der Waals surface area contributed by atoms with E-state index < -0.39 is 23.8 Å². The molecule has 3 atom stereocenters. The predicted octanol–water partition coefficient (Wildman–Crippen LogP) is 1.10. The smallest absolute Gasteiger partial charge is 0.262 e. The lowest BCUT2D eigenvalue weighted by Gasteiger charge is -2.40. The molecule has 1 aromatic carbocycles. The van der Waals surface area contributed by atoms with E-state index in [1.807, 2.05) is 6.07 Å². The summed E-state index contributed by atoms with van der Waals surface area (Å²) in [4.78, 5) is 50.9. The zero-order valence-electron chi connectivity index (χ0n) is 17.5. The molecule has 0 bridgehead atoms. The van der Waals surface area contributed by atoms with E-state index in [0.29, 0.717) is 23.7 Å². The quantitative estimate of drug-likeness (QED) is 0.611. The highest BCUT2D eigenvalue weighted by atomic mass is 16.2. The lowest BCUT2D eigenvalue weighted by atomic mass is 9.76. The fourth-order valence-electron chi connectivity index (χ4n) is 5.95. The van der Waals surface area contributed by atoms with Crippen molar-refractivity contribution in [3.63, 3.8) is 0 Å². The lowest BCUT2D eigenvalue weighted by Crippen LogP contribution is -2.54. The van der Waals surface area contributed by atoms with Gasteiger partial charge in [0.25, 0.3) is 11.8 Å². The zero-order chi connectivity index (χ0) is 21.6. The number of nitrogens with zero attached hydrogens (tertiary/aromatic N) is 1. The van der Waals surface area contributed by atoms with Crippen LogP contribution in [0.15, 0.2) is 18.2 Å². The number of fused-ring (bicyclic) bond motifs is 2. The number of amides is 4. The number of rotatable bonds is 5. The molecule has 5 rings (SSSR count). The van der Waals surface area contributed by atoms with Crippen molar-refractivity contribution >= 4 is 23.6 Å². The van der Waals surface area contributed by atoms with Crippen molar-refractivity contribution in [2.45, 2.75) is 63.6 Å². The average molecular weight is 425 g/mol. The largest absolute Gasteiger partial charge is 0.313 e. The summed E-state index contributed by atoms with van der Waals surface area (Å²) in [5.74, 6) is -1.85. The van der Waals surface area contributed by atoms with Crippen molar-refractivity contribution in [1.82, 2.24) is 20.9 Å². The Kier molecular flexibility index (Phi) is 5.14. The standard InChI is InChI=1S/C23H28N4O4/c28-18-8-7-16(20(29)26-18)27-21(30)15-5-1-4-14(19(15)22(27)31)12-24-13-23-9-2-6-17(23)25-11-3-10-23/h1,4-5,16-17,24-25H,2-3,6-13H2,(H,26,28,29). The van der Waals surface area contributed by atoms with Gasteiger partial charge in [0, 0.05) is 25.6 Å². The van der Waals surface area contributed by atoms with Crippen molar-refractivity contribution < 1.29 is 19.2 Å². The molecule has 1 saturated carbocycles. The summed E-state index contributed by atoms with van der Waals surface area (Å²) in [6.45, 7) is 2.47. The Morgan fingerprint density at radius 2 is 1.90 bits per heavy atom. The number of carbonyl (C=O) groups is 4. The first-order valence-electron chi connectivity index (χ1n) is 11.3. The van der Waals surface area contributed by atoms with E-state index in [9.17, 15) is 19.2 Å². The minimum Gasteiger partial charge on any atom is -0.313 e. The number of piperidine rings is 2. The summed E-state index contributed by atoms with van der Waals surface area (Å²) in [6.07, 6.45) is 6.36. The van der Waals surface area contributed by atoms with Gasteiger partial charge in [0.05, 0.1) is 11.1 Å². The Morgan fingerprint density at radius 3 is 2.74 bits per heavy atom. The van der Waals surface area contributed by atoms with Gasteiger partial charge in [-0.1, -0.05) is 18.6 Å². The number of nitrogens with one attached hydrogen (secondary N) is 3. The Labute approximate surface area is 181 Å². The van der Waals surface area contributed by atoms with Gasteiger partial charge in [-0.2, -0.15) is 0 Å². The molecule has 3 unspecified atom stereocenters. The molecule has 4 amide bonds. The van der Waals surface area contributed by atoms with Gasteiger partial charge in [-0.15, -0.1) is 0 Å². The topological polar surface area (TPSA) is 108 Å². The van der Waals surface area contributed by atoms with E-state index in [-0.39, 0.29) is 24.2 Å². The van der Waals surface area contributed by atoms with Crippen LogP contribution in [0.2, 0.25) is 0 Å². The summed E-state index contributed by atoms with van der Waals surface area (Å²) >= 11 is 0. The van der Waals surface area contributed by atoms with Crippen LogP contribution in [-0.4, -0.2) is 53.7 Å². The minimum absolute atomic E-state index is 0.121. The van der Waals surface area contributed by atoms with Gasteiger partial charge in [0.15, 0.2) is 0 Å². The second-order valence-electron chi connectivity index (χ2n) is 9.26. The highest BCUT2D eigenvalue weighted by Crippen LogP contribution is 2.43. The highest BCUT2D eigenvalue weighted by Gasteiger charge is 2.46. The molecule has 4 aliphatic rings. The maximum atomic E-state index is 13.2. The monoisotopic (exact) mass is 424 g/mol. The summed E-state index contributed by atoms with van der Waals surface area (Å²) in [7, 11) is 0. The van der Waals surface area contributed by atoms with Gasteiger partial charge in [0.1, 0.15) is 6.04 Å². The van der Waals surface area contributed by atoms with Gasteiger partial charge < -0.3 is 10.6 Å². The van der Waals surface area contributed by atoms with Crippen LogP contribution in [0.4, 0.5) is 0 Å². The normalized spacial score (nSPS) is 30.4. The van der Waals surface area contributed by atoms with Crippen molar-refractivity contribution in [3.8, 4) is 0 Å². The van der Waals surface area contributed by atoms with Crippen LogP contribution in [0.1, 0.15) is 71.2 Å². The molecule has 3 N–H and O–H groups in total. The van der Waals surface area contributed by atoms with E-state index in [1.165, 1.54) is 32.1 Å². The Morgan fingerprint density at radius 1 is 1.06 bits per heavy atom. The molecule has 8 nitrogen and oxygen atoms in total. The maximum absolute atomic E-state index is 13.2. The minimum atomic E-state index is -0.933. The van der Waals surface area contributed by atoms with E-state index in [1.54, 1.807) is 12.1 Å². The van der Waals surface area contributed by atoms with Crippen LogP contribution in [0, 0.1) is 5.41 Å². The van der Waals surface area contributed by atoms with Gasteiger partial charge in [-0.25, -0.2) is 0 Å². The van der Waals surface area contributed by atoms with E-state index >= 15 is 0 Å². The molecule has 1 aliphatic carbocycles. The van der Waals surface area contributed by atoms with Crippen LogP contribution in [-0.2, 0) is 16.1 Å². The predicted molar refractivity (Wildman–Crippen MR) is 112 cm³/mol. The first-order valence-corrected chi connectivity index (χ1v) is 11.3. The van der Waals surface area contributed by atoms with E-state index in [0.717, 1.165) is 23.6 Å². The number of hydrogen-bond donors (Lipinski definition) is 3. The van der Waals surface area contributed by atoms with E-state index in [2.05, 4.69) is 16.0 Å². The summed E-state index contributed by atoms with van der Waals surface area (Å²) < 4.78 is 0. The van der Waals surface area contributed by atoms with Crippen molar-refractivity contribution in [2.75, 3.05) is 13.1 Å². The summed E-state index contributed by atoms with van der Waals surface area (Å²) in [6, 6.07) is 4.92. The van der Waals surface area contributed by atoms with Crippen LogP contribution in [0.25, 0.3) is 0 Å². The molecule has 8 heteroatoms. The third kappa shape index (κ3) is 3.38.